The number of amides is 1. The fourth-order valence-electron chi connectivity index (χ4n) is 1.58. The van der Waals surface area contributed by atoms with Crippen LogP contribution in [0.25, 0.3) is 0 Å². The Bertz CT molecular complexity index is 413. The van der Waals surface area contributed by atoms with Gasteiger partial charge in [-0.25, -0.2) is 0 Å². The van der Waals surface area contributed by atoms with E-state index in [0.717, 1.165) is 6.54 Å². The molecule has 4 nitrogen and oxygen atoms in total. The zero-order valence-corrected chi connectivity index (χ0v) is 11.0. The molecule has 6 heteroatoms. The van der Waals surface area contributed by atoms with Gasteiger partial charge in [-0.2, -0.15) is 8.78 Å². The van der Waals surface area contributed by atoms with Crippen LogP contribution >= 0.6 is 0 Å². The molecule has 2 N–H and O–H groups in total. The first-order valence-electron chi connectivity index (χ1n) is 6.09. The fourth-order valence-corrected chi connectivity index (χ4v) is 1.58. The van der Waals surface area contributed by atoms with Crippen molar-refractivity contribution in [2.45, 2.75) is 26.5 Å². The summed E-state index contributed by atoms with van der Waals surface area (Å²) in [7, 11) is 0. The third-order valence-electron chi connectivity index (χ3n) is 2.44. The van der Waals surface area contributed by atoms with E-state index in [4.69, 9.17) is 0 Å². The van der Waals surface area contributed by atoms with Crippen LogP contribution in [0.4, 0.5) is 8.78 Å². The lowest BCUT2D eigenvalue weighted by atomic mass is 10.2. The summed E-state index contributed by atoms with van der Waals surface area (Å²) in [5, 5.41) is 5.87. The van der Waals surface area contributed by atoms with E-state index in [1.165, 1.54) is 18.2 Å². The highest BCUT2D eigenvalue weighted by Gasteiger charge is 2.10. The topological polar surface area (TPSA) is 50.4 Å². The summed E-state index contributed by atoms with van der Waals surface area (Å²) in [6.45, 7) is 2.30. The molecule has 0 bridgehead atoms. The van der Waals surface area contributed by atoms with Gasteiger partial charge in [0.15, 0.2) is 0 Å². The minimum atomic E-state index is -2.90. The third kappa shape index (κ3) is 5.65. The molecule has 1 amide bonds. The van der Waals surface area contributed by atoms with Crippen LogP contribution in [0.15, 0.2) is 24.3 Å². The van der Waals surface area contributed by atoms with Crippen molar-refractivity contribution in [2.24, 2.45) is 0 Å². The number of ether oxygens (including phenoxy) is 1. The first-order chi connectivity index (χ1) is 9.02. The van der Waals surface area contributed by atoms with Crippen molar-refractivity contribution in [2.75, 3.05) is 13.1 Å². The van der Waals surface area contributed by atoms with Crippen LogP contribution in [-0.4, -0.2) is 31.7 Å². The minimum absolute atomic E-state index is 0.0256. The maximum atomic E-state index is 12.1. The lowest BCUT2D eigenvalue weighted by molar-refractivity contribution is -0.0498. The van der Waals surface area contributed by atoms with Crippen molar-refractivity contribution in [3.8, 4) is 5.75 Å². The summed E-state index contributed by atoms with van der Waals surface area (Å²) in [5.41, 5.74) is 0.293. The standard InChI is InChI=1S/C13H18F2N2O2/c1-3-16-9(2)8-17-12(18)10-5-4-6-11(7-10)19-13(14)15/h4-7,9,13,16H,3,8H2,1-2H3,(H,17,18)/t9-/m1/s1. The van der Waals surface area contributed by atoms with Crippen LogP contribution in [-0.2, 0) is 0 Å². The molecule has 0 fully saturated rings. The molecule has 0 aromatic heterocycles. The SMILES string of the molecule is CCN[C@H](C)CNC(=O)c1cccc(OC(F)F)c1. The molecule has 0 radical (unpaired) electrons. The van der Waals surface area contributed by atoms with Gasteiger partial charge in [0.2, 0.25) is 0 Å². The van der Waals surface area contributed by atoms with Crippen LogP contribution in [0.3, 0.4) is 0 Å². The lowest BCUT2D eigenvalue weighted by Gasteiger charge is -2.13. The van der Waals surface area contributed by atoms with Crippen LogP contribution in [0.1, 0.15) is 24.2 Å². The van der Waals surface area contributed by atoms with Crippen molar-refractivity contribution < 1.29 is 18.3 Å². The Kier molecular flexibility index (Phi) is 6.21. The predicted molar refractivity (Wildman–Crippen MR) is 68.5 cm³/mol. The molecule has 1 aromatic carbocycles. The number of carbonyl (C=O) groups excluding carboxylic acids is 1. The van der Waals surface area contributed by atoms with Crippen LogP contribution in [0.2, 0.25) is 0 Å². The molecule has 106 valence electrons. The summed E-state index contributed by atoms with van der Waals surface area (Å²) in [5.74, 6) is -0.341. The molecular weight excluding hydrogens is 254 g/mol. The quantitative estimate of drug-likeness (QED) is 0.798. The molecule has 1 rings (SSSR count). The van der Waals surface area contributed by atoms with Gasteiger partial charge in [0.05, 0.1) is 0 Å². The maximum Gasteiger partial charge on any atom is 0.387 e. The highest BCUT2D eigenvalue weighted by atomic mass is 19.3. The van der Waals surface area contributed by atoms with Crippen LogP contribution in [0.5, 0.6) is 5.75 Å². The number of rotatable bonds is 7. The first kappa shape index (κ1) is 15.4. The van der Waals surface area contributed by atoms with Crippen molar-refractivity contribution in [1.29, 1.82) is 0 Å². The minimum Gasteiger partial charge on any atom is -0.435 e. The number of carbonyl (C=O) groups is 1. The molecule has 0 unspecified atom stereocenters. The molecular formula is C13H18F2N2O2. The molecule has 1 aromatic rings. The maximum absolute atomic E-state index is 12.1. The van der Waals surface area contributed by atoms with E-state index in [1.807, 2.05) is 13.8 Å². The molecule has 19 heavy (non-hydrogen) atoms. The molecule has 0 saturated carbocycles. The normalized spacial score (nSPS) is 12.3. The molecule has 0 spiro atoms. The van der Waals surface area contributed by atoms with Gasteiger partial charge in [-0.1, -0.05) is 13.0 Å². The first-order valence-corrected chi connectivity index (χ1v) is 6.09. The monoisotopic (exact) mass is 272 g/mol. The zero-order chi connectivity index (χ0) is 14.3. The van der Waals surface area contributed by atoms with Gasteiger partial charge in [-0.3, -0.25) is 4.79 Å². The van der Waals surface area contributed by atoms with Crippen LogP contribution in [0, 0.1) is 0 Å². The number of nitrogens with one attached hydrogen (secondary N) is 2. The smallest absolute Gasteiger partial charge is 0.387 e. The summed E-state index contributed by atoms with van der Waals surface area (Å²) >= 11 is 0. The second-order valence-electron chi connectivity index (χ2n) is 4.08. The second kappa shape index (κ2) is 7.68. The number of benzene rings is 1. The number of halogens is 2. The summed E-state index contributed by atoms with van der Waals surface area (Å²) in [6, 6.07) is 5.87. The van der Waals surface area contributed by atoms with Crippen molar-refractivity contribution in [1.82, 2.24) is 10.6 Å². The second-order valence-corrected chi connectivity index (χ2v) is 4.08. The van der Waals surface area contributed by atoms with E-state index in [1.54, 1.807) is 6.07 Å². The number of hydrogen-bond acceptors (Lipinski definition) is 3. The summed E-state index contributed by atoms with van der Waals surface area (Å²) in [6.07, 6.45) is 0. The van der Waals surface area contributed by atoms with Gasteiger partial charge in [0.25, 0.3) is 5.91 Å². The fraction of sp³-hybridized carbons (Fsp3) is 0.462. The van der Waals surface area contributed by atoms with Gasteiger partial charge in [-0.05, 0) is 31.7 Å². The third-order valence-corrected chi connectivity index (χ3v) is 2.44. The van der Waals surface area contributed by atoms with Gasteiger partial charge in [0, 0.05) is 18.2 Å². The van der Waals surface area contributed by atoms with Gasteiger partial charge in [-0.15, -0.1) is 0 Å². The Labute approximate surface area is 111 Å². The Hall–Kier alpha value is -1.69. The van der Waals surface area contributed by atoms with E-state index in [2.05, 4.69) is 15.4 Å². The Balaban J connectivity index is 2.56. The van der Waals surface area contributed by atoms with Gasteiger partial charge >= 0.3 is 6.61 Å². The summed E-state index contributed by atoms with van der Waals surface area (Å²) < 4.78 is 28.4. The average molecular weight is 272 g/mol. The molecule has 0 aliphatic carbocycles. The molecule has 0 aliphatic rings. The van der Waals surface area contributed by atoms with E-state index >= 15 is 0 Å². The highest BCUT2D eigenvalue weighted by molar-refractivity contribution is 5.94. The summed E-state index contributed by atoms with van der Waals surface area (Å²) in [4.78, 5) is 11.8. The average Bonchev–Trinajstić information content (AvgIpc) is 2.36. The number of likely N-dealkylation sites (N-methyl/N-ethyl adjacent to an activating group) is 1. The lowest BCUT2D eigenvalue weighted by Crippen LogP contribution is -2.38. The highest BCUT2D eigenvalue weighted by Crippen LogP contribution is 2.15. The van der Waals surface area contributed by atoms with Crippen molar-refractivity contribution in [3.05, 3.63) is 29.8 Å². The number of hydrogen-bond donors (Lipinski definition) is 2. The molecule has 0 saturated heterocycles. The van der Waals surface area contributed by atoms with Crippen molar-refractivity contribution >= 4 is 5.91 Å². The molecule has 0 heterocycles. The van der Waals surface area contributed by atoms with Crippen molar-refractivity contribution in [3.63, 3.8) is 0 Å². The van der Waals surface area contributed by atoms with E-state index in [0.29, 0.717) is 12.1 Å². The van der Waals surface area contributed by atoms with E-state index < -0.39 is 6.61 Å². The Morgan fingerprint density at radius 3 is 2.79 bits per heavy atom. The molecule has 0 aliphatic heterocycles. The van der Waals surface area contributed by atoms with Crippen LogP contribution < -0.4 is 15.4 Å². The zero-order valence-electron chi connectivity index (χ0n) is 11.0. The van der Waals surface area contributed by atoms with Gasteiger partial charge in [0.1, 0.15) is 5.75 Å². The van der Waals surface area contributed by atoms with E-state index in [9.17, 15) is 13.6 Å². The predicted octanol–water partition coefficient (Wildman–Crippen LogP) is 2.02. The number of alkyl halides is 2. The Morgan fingerprint density at radius 2 is 2.16 bits per heavy atom. The molecule has 1 atom stereocenters. The Morgan fingerprint density at radius 1 is 1.42 bits per heavy atom. The van der Waals surface area contributed by atoms with Gasteiger partial charge < -0.3 is 15.4 Å². The van der Waals surface area contributed by atoms with E-state index in [-0.39, 0.29) is 17.7 Å². The largest absolute Gasteiger partial charge is 0.435 e.